The molecule has 2 N–H and O–H groups in total. The largest absolute Gasteiger partial charge is 0.485 e. The van der Waals surface area contributed by atoms with Crippen molar-refractivity contribution in [2.75, 3.05) is 0 Å². The van der Waals surface area contributed by atoms with E-state index in [1.165, 1.54) is 12.2 Å². The van der Waals surface area contributed by atoms with Crippen LogP contribution in [0.2, 0.25) is 0 Å². The molecule has 2 aliphatic rings. The minimum absolute atomic E-state index is 0.0294. The van der Waals surface area contributed by atoms with E-state index in [0.29, 0.717) is 11.3 Å². The number of carbonyl (C=O) groups excluding carboxylic acids is 1. The topological polar surface area (TPSA) is 66.8 Å². The number of aliphatic hydroxyl groups is 2. The van der Waals surface area contributed by atoms with Gasteiger partial charge >= 0.3 is 0 Å². The summed E-state index contributed by atoms with van der Waals surface area (Å²) in [4.78, 5) is 12.0. The first kappa shape index (κ1) is 12.1. The molecule has 4 nitrogen and oxygen atoms in total. The average Bonchev–Trinajstić information content (AvgIpc) is 2.42. The molecule has 19 heavy (non-hydrogen) atoms. The molecule has 1 aliphatic carbocycles. The molecule has 0 radical (unpaired) electrons. The van der Waals surface area contributed by atoms with E-state index in [9.17, 15) is 15.0 Å². The van der Waals surface area contributed by atoms with Crippen LogP contribution in [0.5, 0.6) is 5.75 Å². The molecule has 4 heteroatoms. The van der Waals surface area contributed by atoms with Crippen LogP contribution in [0, 0.1) is 0 Å². The summed E-state index contributed by atoms with van der Waals surface area (Å²) in [5.41, 5.74) is 1.32. The zero-order valence-electron chi connectivity index (χ0n) is 10.2. The lowest BCUT2D eigenvalue weighted by Crippen LogP contribution is -2.32. The number of hydrogen-bond donors (Lipinski definition) is 2. The van der Waals surface area contributed by atoms with Crippen molar-refractivity contribution < 1.29 is 19.7 Å². The van der Waals surface area contributed by atoms with Gasteiger partial charge in [-0.25, -0.2) is 0 Å². The molecule has 0 amide bonds. The van der Waals surface area contributed by atoms with Gasteiger partial charge in [0, 0.05) is 0 Å². The van der Waals surface area contributed by atoms with Crippen LogP contribution in [0.25, 0.3) is 0 Å². The van der Waals surface area contributed by atoms with E-state index in [4.69, 9.17) is 4.74 Å². The third-order valence-electron chi connectivity index (χ3n) is 3.40. The van der Waals surface area contributed by atoms with Crippen LogP contribution in [0.3, 0.4) is 0 Å². The summed E-state index contributed by atoms with van der Waals surface area (Å²) in [7, 11) is 0. The predicted molar refractivity (Wildman–Crippen MR) is 69.0 cm³/mol. The number of rotatable bonds is 1. The number of para-hydroxylation sites is 1. The van der Waals surface area contributed by atoms with Crippen molar-refractivity contribution in [1.29, 1.82) is 0 Å². The molecular weight excluding hydrogens is 244 g/mol. The molecular formula is C15H14O4. The monoisotopic (exact) mass is 258 g/mol. The Bertz CT molecular complexity index is 573. The fourth-order valence-corrected chi connectivity index (χ4v) is 2.35. The van der Waals surface area contributed by atoms with Crippen LogP contribution in [0.4, 0.5) is 0 Å². The second-order valence-corrected chi connectivity index (χ2v) is 4.74. The summed E-state index contributed by atoms with van der Waals surface area (Å²) >= 11 is 0. The van der Waals surface area contributed by atoms with Gasteiger partial charge in [-0.15, -0.1) is 0 Å². The molecule has 0 saturated heterocycles. The Kier molecular flexibility index (Phi) is 2.97. The van der Waals surface area contributed by atoms with Gasteiger partial charge < -0.3 is 14.9 Å². The highest BCUT2D eigenvalue weighted by molar-refractivity contribution is 6.00. The second-order valence-electron chi connectivity index (χ2n) is 4.74. The Balaban J connectivity index is 1.88. The Morgan fingerprint density at radius 2 is 1.95 bits per heavy atom. The van der Waals surface area contributed by atoms with Gasteiger partial charge in [0.25, 0.3) is 0 Å². The Morgan fingerprint density at radius 3 is 2.74 bits per heavy atom. The summed E-state index contributed by atoms with van der Waals surface area (Å²) in [6.45, 7) is 0. The number of benzene rings is 1. The molecule has 1 aromatic carbocycles. The van der Waals surface area contributed by atoms with Crippen molar-refractivity contribution in [3.8, 4) is 5.75 Å². The number of Topliss-reactive ketones (excluding diaryl/α,β-unsaturated/α-hetero) is 1. The van der Waals surface area contributed by atoms with Crippen molar-refractivity contribution in [1.82, 2.24) is 0 Å². The van der Waals surface area contributed by atoms with Gasteiger partial charge in [0.05, 0.1) is 12.0 Å². The van der Waals surface area contributed by atoms with Gasteiger partial charge in [0.1, 0.15) is 24.1 Å². The molecule has 0 saturated carbocycles. The zero-order chi connectivity index (χ0) is 13.4. The van der Waals surface area contributed by atoms with E-state index in [1.807, 2.05) is 6.07 Å². The fourth-order valence-electron chi connectivity index (χ4n) is 2.35. The van der Waals surface area contributed by atoms with E-state index in [2.05, 4.69) is 0 Å². The smallest absolute Gasteiger partial charge is 0.170 e. The molecule has 0 spiro atoms. The summed E-state index contributed by atoms with van der Waals surface area (Å²) in [6, 6.07) is 7.13. The van der Waals surface area contributed by atoms with Crippen LogP contribution >= 0.6 is 0 Å². The molecule has 1 aliphatic heterocycles. The molecule has 3 unspecified atom stereocenters. The van der Waals surface area contributed by atoms with Crippen LogP contribution < -0.4 is 4.74 Å². The normalized spacial score (nSPS) is 29.5. The van der Waals surface area contributed by atoms with Gasteiger partial charge in [0.2, 0.25) is 0 Å². The molecule has 0 aromatic heterocycles. The van der Waals surface area contributed by atoms with E-state index >= 15 is 0 Å². The molecule has 1 heterocycles. The average molecular weight is 258 g/mol. The standard InChI is InChI=1S/C15H14O4/c16-11-6-5-9(7-13(11)18)15-8-12(17)10-3-1-2-4-14(10)19-15/h1-7,11,13,15-16,18H,8H2. The van der Waals surface area contributed by atoms with Crippen molar-refractivity contribution >= 4 is 5.78 Å². The number of carbonyl (C=O) groups is 1. The summed E-state index contributed by atoms with van der Waals surface area (Å²) < 4.78 is 5.79. The molecule has 1 aromatic rings. The first-order valence-electron chi connectivity index (χ1n) is 6.20. The maximum Gasteiger partial charge on any atom is 0.170 e. The van der Waals surface area contributed by atoms with Crippen LogP contribution in [-0.2, 0) is 0 Å². The second kappa shape index (κ2) is 4.64. The highest BCUT2D eigenvalue weighted by atomic mass is 16.5. The Hall–Kier alpha value is -1.91. The number of hydrogen-bond acceptors (Lipinski definition) is 4. The highest BCUT2D eigenvalue weighted by Crippen LogP contribution is 2.31. The summed E-state index contributed by atoms with van der Waals surface area (Å²) in [5.74, 6) is 0.598. The van der Waals surface area contributed by atoms with Crippen molar-refractivity contribution in [2.45, 2.75) is 24.7 Å². The quantitative estimate of drug-likeness (QED) is 0.795. The van der Waals surface area contributed by atoms with Gasteiger partial charge in [-0.2, -0.15) is 0 Å². The van der Waals surface area contributed by atoms with E-state index in [0.717, 1.165) is 5.57 Å². The Morgan fingerprint density at radius 1 is 1.16 bits per heavy atom. The van der Waals surface area contributed by atoms with Crippen LogP contribution in [0.15, 0.2) is 48.1 Å². The minimum atomic E-state index is -0.948. The molecule has 98 valence electrons. The van der Waals surface area contributed by atoms with Crippen molar-refractivity contribution in [2.24, 2.45) is 0 Å². The number of ether oxygens (including phenoxy) is 1. The molecule has 0 fully saturated rings. The highest BCUT2D eigenvalue weighted by Gasteiger charge is 2.29. The lowest BCUT2D eigenvalue weighted by atomic mass is 9.92. The fraction of sp³-hybridized carbons (Fsp3) is 0.267. The van der Waals surface area contributed by atoms with E-state index in [1.54, 1.807) is 24.3 Å². The van der Waals surface area contributed by atoms with E-state index < -0.39 is 18.3 Å². The Labute approximate surface area is 110 Å². The number of ketones is 1. The van der Waals surface area contributed by atoms with Crippen molar-refractivity contribution in [3.05, 3.63) is 53.6 Å². The number of fused-ring (bicyclic) bond motifs is 1. The van der Waals surface area contributed by atoms with Crippen LogP contribution in [0.1, 0.15) is 16.8 Å². The van der Waals surface area contributed by atoms with Gasteiger partial charge in [-0.3, -0.25) is 4.79 Å². The summed E-state index contributed by atoms with van der Waals surface area (Å²) in [6.07, 6.45) is 2.75. The van der Waals surface area contributed by atoms with E-state index in [-0.39, 0.29) is 12.2 Å². The minimum Gasteiger partial charge on any atom is -0.485 e. The third-order valence-corrected chi connectivity index (χ3v) is 3.40. The zero-order valence-corrected chi connectivity index (χ0v) is 10.2. The lowest BCUT2D eigenvalue weighted by molar-refractivity contribution is 0.0754. The first-order chi connectivity index (χ1) is 9.15. The SMILES string of the molecule is O=C1CC(C2=CC(O)C(O)C=C2)Oc2ccccc21. The first-order valence-corrected chi connectivity index (χ1v) is 6.20. The maximum atomic E-state index is 12.0. The third kappa shape index (κ3) is 2.20. The molecule has 0 bridgehead atoms. The molecule has 3 atom stereocenters. The lowest BCUT2D eigenvalue weighted by Gasteiger charge is -2.28. The summed E-state index contributed by atoms with van der Waals surface area (Å²) in [5, 5.41) is 19.0. The maximum absolute atomic E-state index is 12.0. The predicted octanol–water partition coefficient (Wildman–Crippen LogP) is 1.24. The number of aliphatic hydroxyl groups excluding tert-OH is 2. The van der Waals surface area contributed by atoms with Crippen molar-refractivity contribution in [3.63, 3.8) is 0 Å². The molecule has 3 rings (SSSR count). The van der Waals surface area contributed by atoms with Gasteiger partial charge in [-0.05, 0) is 23.8 Å². The van der Waals surface area contributed by atoms with Crippen LogP contribution in [-0.4, -0.2) is 34.3 Å². The van der Waals surface area contributed by atoms with Gasteiger partial charge in [-0.1, -0.05) is 24.3 Å². The van der Waals surface area contributed by atoms with Gasteiger partial charge in [0.15, 0.2) is 5.78 Å².